The van der Waals surface area contributed by atoms with Gasteiger partial charge < -0.3 is 15.1 Å². The molecule has 10 heteroatoms. The molecule has 0 aromatic heterocycles. The van der Waals surface area contributed by atoms with Crippen molar-refractivity contribution in [3.8, 4) is 0 Å². The minimum absolute atomic E-state index is 0.228. The molecule has 0 bridgehead atoms. The average molecular weight is 325 g/mol. The molecule has 0 aliphatic heterocycles. The number of benzene rings is 1. The highest BCUT2D eigenvalue weighted by molar-refractivity contribution is 6.14. The van der Waals surface area contributed by atoms with Gasteiger partial charge in [-0.15, -0.1) is 0 Å². The van der Waals surface area contributed by atoms with Gasteiger partial charge >= 0.3 is 5.97 Å². The van der Waals surface area contributed by atoms with Crippen LogP contribution in [0.1, 0.15) is 12.5 Å². The van der Waals surface area contributed by atoms with E-state index < -0.39 is 52.0 Å². The zero-order valence-corrected chi connectivity index (χ0v) is 10.8. The number of esters is 1. The van der Waals surface area contributed by atoms with E-state index in [1.165, 1.54) is 6.92 Å². The van der Waals surface area contributed by atoms with E-state index in [1.54, 1.807) is 0 Å². The molecule has 1 aromatic rings. The molecule has 0 fully saturated rings. The number of hydrogen-bond acceptors (Lipinski definition) is 5. The molecule has 2 N–H and O–H groups in total. The zero-order valence-electron chi connectivity index (χ0n) is 10.8. The molecule has 0 saturated heterocycles. The minimum Gasteiger partial charge on any atom is -0.506 e. The Balaban J connectivity index is 3.70. The lowest BCUT2D eigenvalue weighted by molar-refractivity contribution is -0.137. The van der Waals surface area contributed by atoms with E-state index in [4.69, 9.17) is 5.21 Å². The fraction of sp³-hybridized carbons (Fsp3) is 0.167. The van der Waals surface area contributed by atoms with Crippen LogP contribution in [-0.2, 0) is 9.53 Å². The zero-order chi connectivity index (χ0) is 17.0. The predicted molar refractivity (Wildman–Crippen MR) is 62.7 cm³/mol. The topological polar surface area (TPSA) is 79.1 Å². The number of carbonyl (C=O) groups excluding carboxylic acids is 1. The van der Waals surface area contributed by atoms with Crippen molar-refractivity contribution in [3.63, 3.8) is 0 Å². The van der Waals surface area contributed by atoms with Crippen molar-refractivity contribution in [2.24, 2.45) is 5.16 Å². The second-order valence-electron chi connectivity index (χ2n) is 3.67. The maximum Gasteiger partial charge on any atom is 0.343 e. The van der Waals surface area contributed by atoms with Crippen LogP contribution in [0.4, 0.5) is 22.0 Å². The van der Waals surface area contributed by atoms with Crippen LogP contribution in [0, 0.1) is 29.1 Å². The monoisotopic (exact) mass is 325 g/mol. The van der Waals surface area contributed by atoms with Crippen LogP contribution in [-0.4, -0.2) is 29.1 Å². The first kappa shape index (κ1) is 17.4. The highest BCUT2D eigenvalue weighted by atomic mass is 19.2. The summed E-state index contributed by atoms with van der Waals surface area (Å²) in [6, 6.07) is 0. The number of rotatable bonds is 4. The summed E-state index contributed by atoms with van der Waals surface area (Å²) in [5, 5.41) is 20.4. The van der Waals surface area contributed by atoms with Gasteiger partial charge in [-0.2, -0.15) is 0 Å². The van der Waals surface area contributed by atoms with Crippen molar-refractivity contribution in [2.45, 2.75) is 6.92 Å². The Kier molecular flexibility index (Phi) is 5.44. The average Bonchev–Trinajstić information content (AvgIpc) is 2.48. The Morgan fingerprint density at radius 3 is 1.95 bits per heavy atom. The summed E-state index contributed by atoms with van der Waals surface area (Å²) < 4.78 is 70.5. The van der Waals surface area contributed by atoms with E-state index in [0.717, 1.165) is 0 Å². The normalized spacial score (nSPS) is 12.5. The van der Waals surface area contributed by atoms with Crippen molar-refractivity contribution >= 4 is 17.9 Å². The summed E-state index contributed by atoms with van der Waals surface area (Å²) >= 11 is 0. The number of aliphatic hydroxyl groups excluding tert-OH is 1. The van der Waals surface area contributed by atoms with Crippen LogP contribution in [0.5, 0.6) is 0 Å². The fourth-order valence-electron chi connectivity index (χ4n) is 1.42. The van der Waals surface area contributed by atoms with Gasteiger partial charge in [0.25, 0.3) is 0 Å². The van der Waals surface area contributed by atoms with Crippen molar-refractivity contribution in [1.82, 2.24) is 0 Å². The lowest BCUT2D eigenvalue weighted by Gasteiger charge is -2.10. The third-order valence-electron chi connectivity index (χ3n) is 2.38. The van der Waals surface area contributed by atoms with Crippen LogP contribution in [0.3, 0.4) is 0 Å². The van der Waals surface area contributed by atoms with Gasteiger partial charge in [0.05, 0.1) is 18.4 Å². The number of aliphatic hydroxyl groups is 1. The predicted octanol–water partition coefficient (Wildman–Crippen LogP) is 2.67. The van der Waals surface area contributed by atoms with E-state index in [9.17, 15) is 31.9 Å². The van der Waals surface area contributed by atoms with E-state index in [2.05, 4.69) is 9.89 Å². The molecule has 0 aliphatic rings. The van der Waals surface area contributed by atoms with Crippen LogP contribution in [0.2, 0.25) is 0 Å². The minimum atomic E-state index is -2.43. The number of oxime groups is 1. The molecule has 0 radical (unpaired) electrons. The molecule has 0 unspecified atom stereocenters. The first-order valence-corrected chi connectivity index (χ1v) is 5.57. The van der Waals surface area contributed by atoms with Crippen molar-refractivity contribution in [2.75, 3.05) is 6.61 Å². The second-order valence-corrected chi connectivity index (χ2v) is 3.67. The molecule has 0 heterocycles. The molecule has 1 rings (SSSR count). The molecule has 5 nitrogen and oxygen atoms in total. The maximum absolute atomic E-state index is 13.5. The molecule has 0 aliphatic carbocycles. The summed E-state index contributed by atoms with van der Waals surface area (Å²) in [5.41, 5.74) is -2.85. The molecule has 0 saturated carbocycles. The molecular weight excluding hydrogens is 317 g/mol. The number of carbonyl (C=O) groups is 1. The summed E-state index contributed by atoms with van der Waals surface area (Å²) in [5.74, 6) is -14.8. The van der Waals surface area contributed by atoms with Gasteiger partial charge in [0, 0.05) is 0 Å². The standard InChI is InChI=1S/C12H8F5NO4/c1-2-22-12(20)4(3-18-21)11(19)5-6(13)8(15)10(17)9(16)7(5)14/h3,19,21H,2H2,1H3. The summed E-state index contributed by atoms with van der Waals surface area (Å²) in [6.07, 6.45) is 0.228. The molecule has 0 spiro atoms. The number of hydrogen-bond donors (Lipinski definition) is 2. The third-order valence-corrected chi connectivity index (χ3v) is 2.38. The molecular formula is C12H8F5NO4. The highest BCUT2D eigenvalue weighted by Gasteiger charge is 2.30. The Bertz CT molecular complexity index is 643. The van der Waals surface area contributed by atoms with Gasteiger partial charge in [-0.1, -0.05) is 5.16 Å². The molecule has 0 atom stereocenters. The summed E-state index contributed by atoms with van der Waals surface area (Å²) in [7, 11) is 0. The van der Waals surface area contributed by atoms with Gasteiger partial charge in [-0.3, -0.25) is 0 Å². The Morgan fingerprint density at radius 2 is 1.55 bits per heavy atom. The Hall–Kier alpha value is -2.65. The first-order chi connectivity index (χ1) is 10.3. The lowest BCUT2D eigenvalue weighted by atomic mass is 10.1. The quantitative estimate of drug-likeness (QED) is 0.103. The van der Waals surface area contributed by atoms with E-state index in [0.29, 0.717) is 0 Å². The van der Waals surface area contributed by atoms with Gasteiger partial charge in [0.15, 0.2) is 23.3 Å². The largest absolute Gasteiger partial charge is 0.506 e. The van der Waals surface area contributed by atoms with Gasteiger partial charge in [-0.05, 0) is 6.92 Å². The number of ether oxygens (including phenoxy) is 1. The van der Waals surface area contributed by atoms with E-state index in [1.807, 2.05) is 0 Å². The Morgan fingerprint density at radius 1 is 1.09 bits per heavy atom. The summed E-state index contributed by atoms with van der Waals surface area (Å²) in [4.78, 5) is 11.5. The van der Waals surface area contributed by atoms with Crippen LogP contribution < -0.4 is 0 Å². The van der Waals surface area contributed by atoms with Gasteiger partial charge in [-0.25, -0.2) is 26.7 Å². The highest BCUT2D eigenvalue weighted by Crippen LogP contribution is 2.28. The van der Waals surface area contributed by atoms with Crippen molar-refractivity contribution in [3.05, 3.63) is 40.2 Å². The summed E-state index contributed by atoms with van der Waals surface area (Å²) in [6.45, 7) is 1.12. The van der Waals surface area contributed by atoms with Crippen molar-refractivity contribution < 1.29 is 41.8 Å². The smallest absolute Gasteiger partial charge is 0.343 e. The fourth-order valence-corrected chi connectivity index (χ4v) is 1.42. The van der Waals surface area contributed by atoms with Crippen LogP contribution >= 0.6 is 0 Å². The molecule has 120 valence electrons. The van der Waals surface area contributed by atoms with Crippen LogP contribution in [0.25, 0.3) is 5.76 Å². The molecule has 1 aromatic carbocycles. The molecule has 0 amide bonds. The van der Waals surface area contributed by atoms with E-state index >= 15 is 0 Å². The van der Waals surface area contributed by atoms with E-state index in [-0.39, 0.29) is 12.8 Å². The van der Waals surface area contributed by atoms with Gasteiger partial charge in [0.1, 0.15) is 11.3 Å². The van der Waals surface area contributed by atoms with Crippen molar-refractivity contribution in [1.29, 1.82) is 0 Å². The van der Waals surface area contributed by atoms with Crippen LogP contribution in [0.15, 0.2) is 10.7 Å². The SMILES string of the molecule is CCOC(=O)C(C=NO)=C(O)c1c(F)c(F)c(F)c(F)c1F. The second kappa shape index (κ2) is 6.87. The number of halogens is 5. The lowest BCUT2D eigenvalue weighted by Crippen LogP contribution is -2.14. The van der Waals surface area contributed by atoms with Gasteiger partial charge in [0.2, 0.25) is 5.82 Å². The third kappa shape index (κ3) is 3.00. The maximum atomic E-state index is 13.5. The number of nitrogens with zero attached hydrogens (tertiary/aromatic N) is 1. The first-order valence-electron chi connectivity index (χ1n) is 5.57. The molecule has 22 heavy (non-hydrogen) atoms. The Labute approximate surface area is 119 Å².